The first-order chi connectivity index (χ1) is 8.03. The molecule has 0 bridgehead atoms. The van der Waals surface area contributed by atoms with Gasteiger partial charge in [0.1, 0.15) is 0 Å². The molecule has 1 aromatic rings. The number of benzene rings is 1. The average molecular weight is 306 g/mol. The molecule has 0 aliphatic rings. The predicted octanol–water partition coefficient (Wildman–Crippen LogP) is 2.48. The van der Waals surface area contributed by atoms with E-state index in [1.807, 2.05) is 0 Å². The summed E-state index contributed by atoms with van der Waals surface area (Å²) in [6, 6.07) is 2.04. The fourth-order valence-electron chi connectivity index (χ4n) is 0.875. The molecule has 0 saturated heterocycles. The number of alkyl halides is 3. The highest BCUT2D eigenvalue weighted by molar-refractivity contribution is 7.88. The van der Waals surface area contributed by atoms with E-state index >= 15 is 0 Å². The summed E-state index contributed by atoms with van der Waals surface area (Å²) in [5, 5.41) is 10.1. The molecule has 0 amide bonds. The number of non-ortho nitro benzene ring substituents is 1. The third-order valence-corrected chi connectivity index (χ3v) is 2.75. The van der Waals surface area contributed by atoms with Gasteiger partial charge in [-0.15, -0.1) is 0 Å². The second-order valence-electron chi connectivity index (χ2n) is 2.89. The van der Waals surface area contributed by atoms with Crippen LogP contribution in [-0.4, -0.2) is 18.8 Å². The van der Waals surface area contributed by atoms with Gasteiger partial charge < -0.3 is 4.18 Å². The fraction of sp³-hybridized carbons (Fsp3) is 0.143. The van der Waals surface area contributed by atoms with Crippen molar-refractivity contribution in [2.75, 3.05) is 0 Å². The summed E-state index contributed by atoms with van der Waals surface area (Å²) >= 11 is 5.38. The average Bonchev–Trinajstić information content (AvgIpc) is 2.13. The molecule has 0 radical (unpaired) electrons. The van der Waals surface area contributed by atoms with Gasteiger partial charge in [0.2, 0.25) is 0 Å². The van der Waals surface area contributed by atoms with Crippen LogP contribution >= 0.6 is 11.6 Å². The molecule has 0 N–H and O–H groups in total. The van der Waals surface area contributed by atoms with Gasteiger partial charge in [-0.1, -0.05) is 11.6 Å². The quantitative estimate of drug-likeness (QED) is 0.370. The summed E-state index contributed by atoms with van der Waals surface area (Å²) in [7, 11) is -5.89. The molecule has 0 unspecified atom stereocenters. The van der Waals surface area contributed by atoms with Crippen LogP contribution in [0.25, 0.3) is 0 Å². The number of rotatable bonds is 3. The largest absolute Gasteiger partial charge is 0.534 e. The number of nitro benzene ring substituents is 1. The van der Waals surface area contributed by atoms with Crippen LogP contribution < -0.4 is 4.18 Å². The van der Waals surface area contributed by atoms with E-state index in [9.17, 15) is 31.7 Å². The predicted molar refractivity (Wildman–Crippen MR) is 53.7 cm³/mol. The smallest absolute Gasteiger partial charge is 0.376 e. The number of halogens is 4. The van der Waals surface area contributed by atoms with E-state index in [0.29, 0.717) is 12.1 Å². The molecule has 1 rings (SSSR count). The highest BCUT2D eigenvalue weighted by Gasteiger charge is 2.48. The van der Waals surface area contributed by atoms with Gasteiger partial charge in [-0.3, -0.25) is 10.1 Å². The van der Waals surface area contributed by atoms with Crippen molar-refractivity contribution in [2.45, 2.75) is 5.51 Å². The van der Waals surface area contributed by atoms with Gasteiger partial charge in [0.25, 0.3) is 5.69 Å². The Morgan fingerprint density at radius 2 is 1.83 bits per heavy atom. The molecule has 18 heavy (non-hydrogen) atoms. The van der Waals surface area contributed by atoms with E-state index in [-0.39, 0.29) is 5.02 Å². The van der Waals surface area contributed by atoms with Gasteiger partial charge in [-0.05, 0) is 0 Å². The summed E-state index contributed by atoms with van der Waals surface area (Å²) in [6.45, 7) is 0. The first kappa shape index (κ1) is 14.5. The SMILES string of the molecule is O=[N+]([O-])c1cc(Cl)cc(OS(=O)(=O)C(F)(F)F)c1. The summed E-state index contributed by atoms with van der Waals surface area (Å²) < 4.78 is 61.0. The molecule has 0 aromatic heterocycles. The lowest BCUT2D eigenvalue weighted by atomic mass is 10.3. The minimum Gasteiger partial charge on any atom is -0.376 e. The normalized spacial score (nSPS) is 12.2. The molecular formula is C7H3ClF3NO5S. The first-order valence-corrected chi connectivity index (χ1v) is 5.77. The third-order valence-electron chi connectivity index (χ3n) is 1.56. The molecule has 0 fully saturated rings. The number of hydrogen-bond acceptors (Lipinski definition) is 5. The molecule has 0 saturated carbocycles. The van der Waals surface area contributed by atoms with Gasteiger partial charge in [0.15, 0.2) is 5.75 Å². The van der Waals surface area contributed by atoms with Gasteiger partial charge in [0, 0.05) is 12.1 Å². The maximum atomic E-state index is 12.0. The van der Waals surface area contributed by atoms with E-state index < -0.39 is 32.0 Å². The Hall–Kier alpha value is -1.55. The topological polar surface area (TPSA) is 86.5 Å². The van der Waals surface area contributed by atoms with Crippen molar-refractivity contribution < 1.29 is 30.7 Å². The highest BCUT2D eigenvalue weighted by atomic mass is 35.5. The van der Waals surface area contributed by atoms with Gasteiger partial charge in [-0.25, -0.2) is 0 Å². The van der Waals surface area contributed by atoms with Crippen LogP contribution in [0.5, 0.6) is 5.75 Å². The summed E-state index contributed by atoms with van der Waals surface area (Å²) in [4.78, 5) is 9.43. The van der Waals surface area contributed by atoms with Crippen LogP contribution in [0.2, 0.25) is 5.02 Å². The van der Waals surface area contributed by atoms with Crippen molar-refractivity contribution in [2.24, 2.45) is 0 Å². The summed E-state index contributed by atoms with van der Waals surface area (Å²) in [6.07, 6.45) is 0. The van der Waals surface area contributed by atoms with Crippen LogP contribution in [0.3, 0.4) is 0 Å². The molecule has 0 aliphatic heterocycles. The number of nitrogens with zero attached hydrogens (tertiary/aromatic N) is 1. The van der Waals surface area contributed by atoms with E-state index in [1.165, 1.54) is 0 Å². The Balaban J connectivity index is 3.17. The Morgan fingerprint density at radius 1 is 1.28 bits per heavy atom. The second-order valence-corrected chi connectivity index (χ2v) is 4.86. The summed E-state index contributed by atoms with van der Waals surface area (Å²) in [5.74, 6) is -0.897. The zero-order valence-electron chi connectivity index (χ0n) is 8.14. The maximum absolute atomic E-state index is 12.0. The van der Waals surface area contributed by atoms with E-state index in [1.54, 1.807) is 0 Å². The molecule has 0 atom stereocenters. The van der Waals surface area contributed by atoms with Gasteiger partial charge in [-0.2, -0.15) is 21.6 Å². The van der Waals surface area contributed by atoms with Crippen LogP contribution in [0.1, 0.15) is 0 Å². The maximum Gasteiger partial charge on any atom is 0.534 e. The Kier molecular flexibility index (Phi) is 3.72. The van der Waals surface area contributed by atoms with Crippen molar-refractivity contribution >= 4 is 27.4 Å². The first-order valence-electron chi connectivity index (χ1n) is 3.98. The van der Waals surface area contributed by atoms with Crippen molar-refractivity contribution in [1.82, 2.24) is 0 Å². The molecule has 11 heteroatoms. The minimum absolute atomic E-state index is 0.337. The van der Waals surface area contributed by atoms with Crippen LogP contribution in [0, 0.1) is 10.1 Å². The highest BCUT2D eigenvalue weighted by Crippen LogP contribution is 2.31. The van der Waals surface area contributed by atoms with Gasteiger partial charge >= 0.3 is 15.6 Å². The van der Waals surface area contributed by atoms with Crippen molar-refractivity contribution in [3.63, 3.8) is 0 Å². The number of hydrogen-bond donors (Lipinski definition) is 0. The van der Waals surface area contributed by atoms with Crippen LogP contribution in [-0.2, 0) is 10.1 Å². The van der Waals surface area contributed by atoms with Crippen LogP contribution in [0.4, 0.5) is 18.9 Å². The Bertz CT molecular complexity index is 585. The fourth-order valence-corrected chi connectivity index (χ4v) is 1.54. The zero-order valence-corrected chi connectivity index (χ0v) is 9.71. The lowest BCUT2D eigenvalue weighted by molar-refractivity contribution is -0.384. The lowest BCUT2D eigenvalue weighted by Gasteiger charge is -2.09. The Morgan fingerprint density at radius 3 is 2.28 bits per heavy atom. The van der Waals surface area contributed by atoms with Crippen molar-refractivity contribution in [3.8, 4) is 5.75 Å². The van der Waals surface area contributed by atoms with Crippen molar-refractivity contribution in [3.05, 3.63) is 33.3 Å². The molecular weight excluding hydrogens is 303 g/mol. The molecule has 0 spiro atoms. The van der Waals surface area contributed by atoms with E-state index in [4.69, 9.17) is 11.6 Å². The van der Waals surface area contributed by atoms with Crippen LogP contribution in [0.15, 0.2) is 18.2 Å². The summed E-state index contributed by atoms with van der Waals surface area (Å²) in [5.41, 5.74) is -6.33. The standard InChI is InChI=1S/C7H3ClF3NO5S/c8-4-1-5(12(13)14)3-6(2-4)17-18(15,16)7(9,10)11/h1-3H. The Labute approximate surface area is 103 Å². The zero-order chi connectivity index (χ0) is 14.1. The van der Waals surface area contributed by atoms with Gasteiger partial charge in [0.05, 0.1) is 16.0 Å². The minimum atomic E-state index is -5.89. The van der Waals surface area contributed by atoms with Crippen molar-refractivity contribution in [1.29, 1.82) is 0 Å². The molecule has 0 heterocycles. The third kappa shape index (κ3) is 3.23. The molecule has 1 aromatic carbocycles. The molecule has 6 nitrogen and oxygen atoms in total. The molecule has 0 aliphatic carbocycles. The second kappa shape index (κ2) is 4.61. The lowest BCUT2D eigenvalue weighted by Crippen LogP contribution is -2.28. The monoisotopic (exact) mass is 305 g/mol. The molecule has 100 valence electrons. The van der Waals surface area contributed by atoms with E-state index in [0.717, 1.165) is 6.07 Å². The van der Waals surface area contributed by atoms with E-state index in [2.05, 4.69) is 4.18 Å². The number of nitro groups is 1.